The van der Waals surface area contributed by atoms with Crippen molar-refractivity contribution >= 4 is 17.3 Å². The van der Waals surface area contributed by atoms with Crippen LogP contribution in [-0.2, 0) is 0 Å². The molecule has 3 rings (SSSR count). The molecule has 5 nitrogen and oxygen atoms in total. The summed E-state index contributed by atoms with van der Waals surface area (Å²) >= 11 is 6.03. The molecule has 0 aliphatic heterocycles. The Balaban J connectivity index is 2.00. The molecule has 0 bridgehead atoms. The van der Waals surface area contributed by atoms with Gasteiger partial charge in [-0.15, -0.1) is 0 Å². The van der Waals surface area contributed by atoms with E-state index in [-0.39, 0.29) is 0 Å². The molecule has 6 heteroatoms. The van der Waals surface area contributed by atoms with E-state index in [1.807, 2.05) is 30.5 Å². The fourth-order valence-corrected chi connectivity index (χ4v) is 1.93. The second kappa shape index (κ2) is 4.70. The highest BCUT2D eigenvalue weighted by atomic mass is 35.5. The van der Waals surface area contributed by atoms with Crippen molar-refractivity contribution in [3.8, 4) is 16.9 Å². The average Bonchev–Trinajstić information content (AvgIpc) is 2.89. The van der Waals surface area contributed by atoms with Crippen LogP contribution in [0.2, 0.25) is 5.02 Å². The van der Waals surface area contributed by atoms with Gasteiger partial charge in [0.1, 0.15) is 11.3 Å². The van der Waals surface area contributed by atoms with Gasteiger partial charge in [0.15, 0.2) is 5.82 Å². The van der Waals surface area contributed by atoms with Gasteiger partial charge in [0, 0.05) is 17.4 Å². The van der Waals surface area contributed by atoms with Gasteiger partial charge in [0.25, 0.3) is 0 Å². The van der Waals surface area contributed by atoms with Crippen LogP contribution in [0.5, 0.6) is 0 Å². The number of nitrogens with zero attached hydrogens (tertiary/aromatic N) is 4. The summed E-state index contributed by atoms with van der Waals surface area (Å²) in [6.45, 7) is 0. The number of rotatable bonds is 2. The van der Waals surface area contributed by atoms with Crippen LogP contribution in [0.3, 0.4) is 0 Å². The third kappa shape index (κ3) is 2.28. The summed E-state index contributed by atoms with van der Waals surface area (Å²) in [4.78, 5) is 7.95. The molecule has 0 aliphatic carbocycles. The Morgan fingerprint density at radius 3 is 2.58 bits per heavy atom. The summed E-state index contributed by atoms with van der Waals surface area (Å²) in [5.74, 6) is 0.554. The number of nitrogen functional groups attached to an aromatic ring is 1. The maximum absolute atomic E-state index is 6.03. The highest BCUT2D eigenvalue weighted by Gasteiger charge is 2.07. The van der Waals surface area contributed by atoms with E-state index < -0.39 is 0 Å². The van der Waals surface area contributed by atoms with Gasteiger partial charge in [-0.3, -0.25) is 0 Å². The zero-order chi connectivity index (χ0) is 13.2. The maximum atomic E-state index is 6.03. The highest BCUT2D eigenvalue weighted by molar-refractivity contribution is 6.32. The van der Waals surface area contributed by atoms with Crippen LogP contribution in [0.4, 0.5) is 5.69 Å². The Bertz CT molecular complexity index is 705. The first kappa shape index (κ1) is 11.7. The van der Waals surface area contributed by atoms with Crippen molar-refractivity contribution < 1.29 is 0 Å². The molecular formula is C13H10ClN5. The van der Waals surface area contributed by atoms with E-state index in [4.69, 9.17) is 17.3 Å². The molecule has 0 amide bonds. The second-order valence-electron chi connectivity index (χ2n) is 3.99. The normalized spacial score (nSPS) is 10.6. The number of hydrogen-bond donors (Lipinski definition) is 1. The van der Waals surface area contributed by atoms with Crippen LogP contribution in [0.15, 0.2) is 49.2 Å². The number of anilines is 1. The predicted octanol–water partition coefficient (Wildman–Crippen LogP) is 2.56. The molecule has 0 saturated heterocycles. The summed E-state index contributed by atoms with van der Waals surface area (Å²) < 4.78 is 1.62. The Morgan fingerprint density at radius 1 is 1.05 bits per heavy atom. The molecule has 3 aromatic rings. The SMILES string of the molecule is Nc1ccc(-c2cnn(-c3ncncc3Cl)c2)cc1. The quantitative estimate of drug-likeness (QED) is 0.727. The summed E-state index contributed by atoms with van der Waals surface area (Å²) in [7, 11) is 0. The van der Waals surface area contributed by atoms with Crippen LogP contribution in [0, 0.1) is 0 Å². The number of benzene rings is 1. The first-order chi connectivity index (χ1) is 9.24. The standard InChI is InChI=1S/C13H10ClN5/c14-12-6-16-8-17-13(12)19-7-10(5-18-19)9-1-3-11(15)4-2-9/h1-8H,15H2. The Kier molecular flexibility index (Phi) is 2.89. The van der Waals surface area contributed by atoms with Gasteiger partial charge in [-0.25, -0.2) is 14.6 Å². The van der Waals surface area contributed by atoms with Crippen LogP contribution in [0.1, 0.15) is 0 Å². The van der Waals surface area contributed by atoms with Crippen molar-refractivity contribution in [2.24, 2.45) is 0 Å². The maximum Gasteiger partial charge on any atom is 0.175 e. The fraction of sp³-hybridized carbons (Fsp3) is 0. The Morgan fingerprint density at radius 2 is 1.84 bits per heavy atom. The number of aromatic nitrogens is 4. The van der Waals surface area contributed by atoms with Gasteiger partial charge >= 0.3 is 0 Å². The predicted molar refractivity (Wildman–Crippen MR) is 74.0 cm³/mol. The smallest absolute Gasteiger partial charge is 0.175 e. The summed E-state index contributed by atoms with van der Waals surface area (Å²) in [5, 5.41) is 4.71. The monoisotopic (exact) mass is 271 g/mol. The van der Waals surface area contributed by atoms with Gasteiger partial charge in [-0.05, 0) is 17.7 Å². The van der Waals surface area contributed by atoms with Crippen molar-refractivity contribution in [3.63, 3.8) is 0 Å². The van der Waals surface area contributed by atoms with Crippen molar-refractivity contribution in [1.82, 2.24) is 19.7 Å². The third-order valence-corrected chi connectivity index (χ3v) is 2.96. The van der Waals surface area contributed by atoms with Gasteiger partial charge in [0.2, 0.25) is 0 Å². The van der Waals surface area contributed by atoms with Crippen molar-refractivity contribution in [3.05, 3.63) is 54.2 Å². The molecule has 0 radical (unpaired) electrons. The minimum Gasteiger partial charge on any atom is -0.399 e. The number of nitrogens with two attached hydrogens (primary N) is 1. The van der Waals surface area contributed by atoms with E-state index in [2.05, 4.69) is 15.1 Å². The second-order valence-corrected chi connectivity index (χ2v) is 4.40. The van der Waals surface area contributed by atoms with E-state index in [0.717, 1.165) is 16.8 Å². The lowest BCUT2D eigenvalue weighted by Crippen LogP contribution is -1.98. The Labute approximate surface area is 114 Å². The minimum atomic E-state index is 0.453. The van der Waals surface area contributed by atoms with Crippen molar-refractivity contribution in [2.45, 2.75) is 0 Å². The van der Waals surface area contributed by atoms with Crippen molar-refractivity contribution in [2.75, 3.05) is 5.73 Å². The molecule has 2 N–H and O–H groups in total. The molecule has 1 aromatic carbocycles. The number of hydrogen-bond acceptors (Lipinski definition) is 4. The molecule has 0 aliphatic rings. The summed E-state index contributed by atoms with van der Waals surface area (Å²) in [6.07, 6.45) is 6.59. The molecule has 2 heterocycles. The highest BCUT2D eigenvalue weighted by Crippen LogP contribution is 2.22. The van der Waals surface area contributed by atoms with Gasteiger partial charge in [-0.2, -0.15) is 5.10 Å². The van der Waals surface area contributed by atoms with Gasteiger partial charge < -0.3 is 5.73 Å². The van der Waals surface area contributed by atoms with Gasteiger partial charge in [0.05, 0.1) is 12.4 Å². The molecule has 2 aromatic heterocycles. The van der Waals surface area contributed by atoms with Crippen LogP contribution in [-0.4, -0.2) is 19.7 Å². The van der Waals surface area contributed by atoms with E-state index in [1.54, 1.807) is 10.9 Å². The third-order valence-electron chi connectivity index (χ3n) is 2.69. The van der Waals surface area contributed by atoms with Crippen LogP contribution < -0.4 is 5.73 Å². The molecule has 0 spiro atoms. The molecule has 0 unspecified atom stereocenters. The van der Waals surface area contributed by atoms with Crippen molar-refractivity contribution in [1.29, 1.82) is 0 Å². The number of halogens is 1. The van der Waals surface area contributed by atoms with Crippen LogP contribution in [0.25, 0.3) is 16.9 Å². The lowest BCUT2D eigenvalue weighted by Gasteiger charge is -2.01. The zero-order valence-electron chi connectivity index (χ0n) is 9.86. The molecule has 94 valence electrons. The molecule has 0 fully saturated rings. The van der Waals surface area contributed by atoms with E-state index in [0.29, 0.717) is 10.8 Å². The molecular weight excluding hydrogens is 262 g/mol. The minimum absolute atomic E-state index is 0.453. The fourth-order valence-electron chi connectivity index (χ4n) is 1.74. The first-order valence-electron chi connectivity index (χ1n) is 5.60. The molecule has 0 saturated carbocycles. The average molecular weight is 272 g/mol. The Hall–Kier alpha value is -2.40. The summed E-state index contributed by atoms with van der Waals surface area (Å²) in [5.41, 5.74) is 8.40. The van der Waals surface area contributed by atoms with E-state index in [1.165, 1.54) is 12.5 Å². The van der Waals surface area contributed by atoms with E-state index in [9.17, 15) is 0 Å². The van der Waals surface area contributed by atoms with E-state index >= 15 is 0 Å². The largest absolute Gasteiger partial charge is 0.399 e. The molecule has 19 heavy (non-hydrogen) atoms. The molecule has 0 atom stereocenters. The lowest BCUT2D eigenvalue weighted by molar-refractivity contribution is 0.840. The van der Waals surface area contributed by atoms with Gasteiger partial charge in [-0.1, -0.05) is 23.7 Å². The zero-order valence-corrected chi connectivity index (χ0v) is 10.6. The first-order valence-corrected chi connectivity index (χ1v) is 5.98. The topological polar surface area (TPSA) is 69.6 Å². The van der Waals surface area contributed by atoms with Crippen LogP contribution >= 0.6 is 11.6 Å². The lowest BCUT2D eigenvalue weighted by atomic mass is 10.1. The summed E-state index contributed by atoms with van der Waals surface area (Å²) in [6, 6.07) is 7.59.